The van der Waals surface area contributed by atoms with E-state index in [1.54, 1.807) is 6.07 Å². The average Bonchev–Trinajstić information content (AvgIpc) is 2.37. The molecule has 6 nitrogen and oxygen atoms in total. The fraction of sp³-hybridized carbons (Fsp3) is 0.615. The molecule has 7 heteroatoms. The second-order valence-corrected chi connectivity index (χ2v) is 7.00. The first-order valence-corrected chi connectivity index (χ1v) is 8.19. The van der Waals surface area contributed by atoms with E-state index in [1.807, 2.05) is 19.9 Å². The van der Waals surface area contributed by atoms with Crippen LogP contribution in [0.1, 0.15) is 24.1 Å². The van der Waals surface area contributed by atoms with E-state index in [0.717, 1.165) is 24.1 Å². The molecule has 112 valence electrons. The largest absolute Gasteiger partial charge is 0.396 e. The third-order valence-electron chi connectivity index (χ3n) is 3.41. The highest BCUT2D eigenvalue weighted by molar-refractivity contribution is 7.90. The zero-order valence-electron chi connectivity index (χ0n) is 11.8. The van der Waals surface area contributed by atoms with Crippen LogP contribution in [0, 0.1) is 19.8 Å². The lowest BCUT2D eigenvalue weighted by molar-refractivity contribution is 0.166. The third kappa shape index (κ3) is 3.68. The molecule has 0 bridgehead atoms. The van der Waals surface area contributed by atoms with Crippen molar-refractivity contribution in [3.63, 3.8) is 0 Å². The number of anilines is 1. The van der Waals surface area contributed by atoms with E-state index in [9.17, 15) is 13.5 Å². The number of hydrogen-bond acceptors (Lipinski definition) is 4. The van der Waals surface area contributed by atoms with Crippen LogP contribution in [0.5, 0.6) is 0 Å². The smallest absolute Gasteiger partial charge is 0.302 e. The Balaban J connectivity index is 2.14. The molecule has 2 N–H and O–H groups in total. The van der Waals surface area contributed by atoms with Crippen molar-refractivity contribution in [3.05, 3.63) is 23.4 Å². The van der Waals surface area contributed by atoms with Gasteiger partial charge in [-0.15, -0.1) is 0 Å². The minimum absolute atomic E-state index is 0.0209. The first-order valence-electron chi connectivity index (χ1n) is 6.75. The number of aliphatic hydroxyl groups is 1. The molecule has 2 heterocycles. The molecule has 1 unspecified atom stereocenters. The SMILES string of the molecule is Cc1cc(C)nc(NS(=O)(=O)N2CCCC(CO)C2)c1. The van der Waals surface area contributed by atoms with Gasteiger partial charge in [-0.25, -0.2) is 4.98 Å². The predicted molar refractivity (Wildman–Crippen MR) is 77.6 cm³/mol. The van der Waals surface area contributed by atoms with Crippen molar-refractivity contribution in [2.24, 2.45) is 5.92 Å². The van der Waals surface area contributed by atoms with Crippen LogP contribution in [0.2, 0.25) is 0 Å². The van der Waals surface area contributed by atoms with E-state index < -0.39 is 10.2 Å². The summed E-state index contributed by atoms with van der Waals surface area (Å²) in [6.45, 7) is 4.59. The monoisotopic (exact) mass is 299 g/mol. The maximum Gasteiger partial charge on any atom is 0.302 e. The molecule has 0 aromatic carbocycles. The van der Waals surface area contributed by atoms with Crippen LogP contribution in [-0.2, 0) is 10.2 Å². The minimum Gasteiger partial charge on any atom is -0.396 e. The van der Waals surface area contributed by atoms with Crippen LogP contribution in [0.3, 0.4) is 0 Å². The summed E-state index contributed by atoms with van der Waals surface area (Å²) in [5, 5.41) is 9.18. The molecule has 0 amide bonds. The number of piperidine rings is 1. The van der Waals surface area contributed by atoms with Gasteiger partial charge in [0.1, 0.15) is 5.82 Å². The van der Waals surface area contributed by atoms with E-state index >= 15 is 0 Å². The zero-order chi connectivity index (χ0) is 14.8. The van der Waals surface area contributed by atoms with E-state index in [-0.39, 0.29) is 12.5 Å². The van der Waals surface area contributed by atoms with Gasteiger partial charge in [-0.3, -0.25) is 4.72 Å². The van der Waals surface area contributed by atoms with E-state index in [0.29, 0.717) is 18.9 Å². The lowest BCUT2D eigenvalue weighted by atomic mass is 10.0. The number of nitrogens with zero attached hydrogens (tertiary/aromatic N) is 2. The van der Waals surface area contributed by atoms with E-state index in [2.05, 4.69) is 9.71 Å². The van der Waals surface area contributed by atoms with Gasteiger partial charge in [-0.1, -0.05) is 0 Å². The highest BCUT2D eigenvalue weighted by atomic mass is 32.2. The summed E-state index contributed by atoms with van der Waals surface area (Å²) in [5.74, 6) is 0.362. The van der Waals surface area contributed by atoms with Crippen LogP contribution in [-0.4, -0.2) is 42.5 Å². The molecule has 1 aliphatic heterocycles. The normalized spacial score (nSPS) is 20.9. The summed E-state index contributed by atoms with van der Waals surface area (Å²) in [5.41, 5.74) is 1.73. The highest BCUT2D eigenvalue weighted by Crippen LogP contribution is 2.20. The van der Waals surface area contributed by atoms with E-state index in [1.165, 1.54) is 4.31 Å². The number of aliphatic hydroxyl groups excluding tert-OH is 1. The molecule has 1 saturated heterocycles. The Morgan fingerprint density at radius 1 is 1.45 bits per heavy atom. The molecule has 1 atom stereocenters. The summed E-state index contributed by atoms with van der Waals surface area (Å²) in [4.78, 5) is 4.19. The van der Waals surface area contributed by atoms with Gasteiger partial charge in [-0.2, -0.15) is 12.7 Å². The van der Waals surface area contributed by atoms with Crippen molar-refractivity contribution in [3.8, 4) is 0 Å². The second kappa shape index (κ2) is 6.07. The Kier molecular flexibility index (Phi) is 4.62. The molecule has 1 aromatic rings. The van der Waals surface area contributed by atoms with Crippen molar-refractivity contribution in [1.82, 2.24) is 9.29 Å². The fourth-order valence-electron chi connectivity index (χ4n) is 2.48. The van der Waals surface area contributed by atoms with E-state index in [4.69, 9.17) is 0 Å². The second-order valence-electron chi connectivity index (χ2n) is 5.33. The maximum atomic E-state index is 12.3. The Labute approximate surface area is 120 Å². The first kappa shape index (κ1) is 15.2. The first-order chi connectivity index (χ1) is 9.40. The van der Waals surface area contributed by atoms with Gasteiger partial charge in [0.2, 0.25) is 0 Å². The standard InChI is InChI=1S/C13H21N3O3S/c1-10-6-11(2)14-13(7-10)15-20(18,19)16-5-3-4-12(8-16)9-17/h6-7,12,17H,3-5,8-9H2,1-2H3,(H,14,15). The molecule has 0 radical (unpaired) electrons. The molecule has 20 heavy (non-hydrogen) atoms. The highest BCUT2D eigenvalue weighted by Gasteiger charge is 2.28. The van der Waals surface area contributed by atoms with Gasteiger partial charge in [0, 0.05) is 25.4 Å². The van der Waals surface area contributed by atoms with Gasteiger partial charge in [0.05, 0.1) is 0 Å². The van der Waals surface area contributed by atoms with Gasteiger partial charge >= 0.3 is 10.2 Å². The summed E-state index contributed by atoms with van der Waals surface area (Å²) in [6.07, 6.45) is 1.64. The molecule has 0 saturated carbocycles. The summed E-state index contributed by atoms with van der Waals surface area (Å²) >= 11 is 0. The lowest BCUT2D eigenvalue weighted by Crippen LogP contribution is -2.43. The van der Waals surface area contributed by atoms with Crippen molar-refractivity contribution in [1.29, 1.82) is 0 Å². The number of aryl methyl sites for hydroxylation is 2. The van der Waals surface area contributed by atoms with Gasteiger partial charge < -0.3 is 5.11 Å². The Morgan fingerprint density at radius 3 is 2.85 bits per heavy atom. The molecule has 1 fully saturated rings. The molecule has 0 spiro atoms. The zero-order valence-corrected chi connectivity index (χ0v) is 12.7. The minimum atomic E-state index is -3.60. The van der Waals surface area contributed by atoms with Gasteiger partial charge in [0.15, 0.2) is 0 Å². The number of hydrogen-bond donors (Lipinski definition) is 2. The molecule has 2 rings (SSSR count). The van der Waals surface area contributed by atoms with Crippen LogP contribution in [0.4, 0.5) is 5.82 Å². The fourth-order valence-corrected chi connectivity index (χ4v) is 3.76. The average molecular weight is 299 g/mol. The Bertz CT molecular complexity index is 554. The van der Waals surface area contributed by atoms with Crippen molar-refractivity contribution < 1.29 is 13.5 Å². The van der Waals surface area contributed by atoms with Crippen molar-refractivity contribution in [2.75, 3.05) is 24.4 Å². The predicted octanol–water partition coefficient (Wildman–Crippen LogP) is 1.06. The Morgan fingerprint density at radius 2 is 2.20 bits per heavy atom. The third-order valence-corrected chi connectivity index (χ3v) is 4.89. The number of aromatic nitrogens is 1. The lowest BCUT2D eigenvalue weighted by Gasteiger charge is -2.30. The summed E-state index contributed by atoms with van der Waals surface area (Å²) in [6, 6.07) is 3.60. The Hall–Kier alpha value is -1.18. The quantitative estimate of drug-likeness (QED) is 0.871. The van der Waals surface area contributed by atoms with Crippen LogP contribution < -0.4 is 4.72 Å². The van der Waals surface area contributed by atoms with Crippen molar-refractivity contribution in [2.45, 2.75) is 26.7 Å². The molecular formula is C13H21N3O3S. The molecule has 1 aromatic heterocycles. The number of pyridine rings is 1. The van der Waals surface area contributed by atoms with Gasteiger partial charge in [0.25, 0.3) is 0 Å². The summed E-state index contributed by atoms with van der Waals surface area (Å²) < 4.78 is 28.6. The van der Waals surface area contributed by atoms with Crippen LogP contribution in [0.25, 0.3) is 0 Å². The van der Waals surface area contributed by atoms with Crippen molar-refractivity contribution >= 4 is 16.0 Å². The topological polar surface area (TPSA) is 82.5 Å². The maximum absolute atomic E-state index is 12.3. The van der Waals surface area contributed by atoms with Gasteiger partial charge in [-0.05, 0) is 50.3 Å². The molecular weight excluding hydrogens is 278 g/mol. The number of rotatable bonds is 4. The molecule has 1 aliphatic rings. The summed E-state index contributed by atoms with van der Waals surface area (Å²) in [7, 11) is -3.60. The van der Waals surface area contributed by atoms with Crippen LogP contribution in [0.15, 0.2) is 12.1 Å². The number of nitrogens with one attached hydrogen (secondary N) is 1. The van der Waals surface area contributed by atoms with Crippen LogP contribution >= 0.6 is 0 Å². The molecule has 0 aliphatic carbocycles.